The van der Waals surface area contributed by atoms with Gasteiger partial charge in [0.2, 0.25) is 15.9 Å². The minimum Gasteiger partial charge on any atom is -0.324 e. The van der Waals surface area contributed by atoms with Crippen LogP contribution in [0.1, 0.15) is 16.2 Å². The Bertz CT molecular complexity index is 980. The number of thiophene rings is 1. The number of amides is 1. The Morgan fingerprint density at radius 1 is 1.14 bits per heavy atom. The molecule has 2 aromatic rings. The van der Waals surface area contributed by atoms with E-state index >= 15 is 0 Å². The summed E-state index contributed by atoms with van der Waals surface area (Å²) in [7, 11) is -3.47. The normalized spacial score (nSPS) is 16.1. The number of piperazine rings is 1. The average molecular weight is 476 g/mol. The van der Waals surface area contributed by atoms with Gasteiger partial charge in [0, 0.05) is 48.9 Å². The van der Waals surface area contributed by atoms with Gasteiger partial charge in [0.25, 0.3) is 0 Å². The quantitative estimate of drug-likeness (QED) is 0.684. The van der Waals surface area contributed by atoms with Crippen LogP contribution in [0.3, 0.4) is 0 Å². The van der Waals surface area contributed by atoms with E-state index < -0.39 is 10.0 Å². The highest BCUT2D eigenvalue weighted by atomic mass is 35.5. The monoisotopic (exact) mass is 475 g/mol. The van der Waals surface area contributed by atoms with Gasteiger partial charge in [-0.3, -0.25) is 4.79 Å². The first-order valence-electron chi connectivity index (χ1n) is 9.22. The van der Waals surface area contributed by atoms with Crippen molar-refractivity contribution in [1.82, 2.24) is 9.21 Å². The molecule has 1 fully saturated rings. The Hall–Kier alpha value is -1.16. The number of anilines is 1. The summed E-state index contributed by atoms with van der Waals surface area (Å²) in [6.45, 7) is 6.28. The largest absolute Gasteiger partial charge is 0.324 e. The maximum Gasteiger partial charge on any atom is 0.244 e. The number of carbonyl (C=O) groups is 1. The molecule has 2 heterocycles. The fourth-order valence-corrected chi connectivity index (χ4v) is 6.71. The van der Waals surface area contributed by atoms with Crippen LogP contribution in [0.15, 0.2) is 29.2 Å². The molecule has 1 aromatic carbocycles. The summed E-state index contributed by atoms with van der Waals surface area (Å²) in [5, 5.41) is 3.53. The zero-order valence-electron chi connectivity index (χ0n) is 16.2. The second kappa shape index (κ2) is 9.32. The number of nitrogens with zero attached hydrogens (tertiary/aromatic N) is 2. The summed E-state index contributed by atoms with van der Waals surface area (Å²) in [6, 6.07) is 6.79. The van der Waals surface area contributed by atoms with Gasteiger partial charge in [0.15, 0.2) is 0 Å². The van der Waals surface area contributed by atoms with Crippen molar-refractivity contribution in [2.24, 2.45) is 0 Å². The van der Waals surface area contributed by atoms with Gasteiger partial charge in [-0.25, -0.2) is 8.42 Å². The van der Waals surface area contributed by atoms with Crippen LogP contribution in [0.25, 0.3) is 0 Å². The average Bonchev–Trinajstić information content (AvgIpc) is 3.02. The maximum atomic E-state index is 12.9. The fourth-order valence-electron chi connectivity index (χ4n) is 3.27. The lowest BCUT2D eigenvalue weighted by Gasteiger charge is -2.33. The number of benzene rings is 1. The van der Waals surface area contributed by atoms with Gasteiger partial charge in [0.05, 0.1) is 20.6 Å². The van der Waals surface area contributed by atoms with Crippen LogP contribution in [0.4, 0.5) is 5.69 Å². The molecule has 1 amide bonds. The first-order chi connectivity index (χ1) is 13.7. The van der Waals surface area contributed by atoms with E-state index in [0.29, 0.717) is 53.4 Å². The summed E-state index contributed by atoms with van der Waals surface area (Å²) < 4.78 is 27.3. The molecule has 0 unspecified atom stereocenters. The highest BCUT2D eigenvalue weighted by molar-refractivity contribution is 7.89. The Morgan fingerprint density at radius 3 is 2.31 bits per heavy atom. The molecule has 6 nitrogen and oxygen atoms in total. The maximum absolute atomic E-state index is 12.9. The third kappa shape index (κ3) is 5.31. The number of hydrogen-bond donors (Lipinski definition) is 1. The molecule has 3 rings (SSSR count). The summed E-state index contributed by atoms with van der Waals surface area (Å²) in [4.78, 5) is 16.6. The summed E-state index contributed by atoms with van der Waals surface area (Å²) in [5.41, 5.74) is 0.415. The van der Waals surface area contributed by atoms with E-state index in [0.717, 1.165) is 9.75 Å². The van der Waals surface area contributed by atoms with Crippen molar-refractivity contribution in [1.29, 1.82) is 0 Å². The lowest BCUT2D eigenvalue weighted by atomic mass is 10.2. The predicted octanol–water partition coefficient (Wildman–Crippen LogP) is 4.01. The molecule has 0 radical (unpaired) electrons. The number of nitrogens with one attached hydrogen (secondary N) is 1. The lowest BCUT2D eigenvalue weighted by Crippen LogP contribution is -2.49. The summed E-state index contributed by atoms with van der Waals surface area (Å²) in [6.07, 6.45) is 0.275. The van der Waals surface area contributed by atoms with Gasteiger partial charge in [-0.1, -0.05) is 29.3 Å². The van der Waals surface area contributed by atoms with Crippen molar-refractivity contribution in [2.45, 2.75) is 25.2 Å². The van der Waals surface area contributed by atoms with E-state index in [4.69, 9.17) is 23.2 Å². The number of hydrogen-bond acceptors (Lipinski definition) is 5. The second-order valence-electron chi connectivity index (χ2n) is 6.92. The van der Waals surface area contributed by atoms with E-state index in [1.807, 2.05) is 13.8 Å². The van der Waals surface area contributed by atoms with Crippen LogP contribution in [-0.4, -0.2) is 56.3 Å². The van der Waals surface area contributed by atoms with Gasteiger partial charge < -0.3 is 10.2 Å². The minimum atomic E-state index is -3.47. The number of aryl methyl sites for hydroxylation is 2. The van der Waals surface area contributed by atoms with Gasteiger partial charge in [-0.2, -0.15) is 4.31 Å². The molecule has 158 valence electrons. The first-order valence-corrected chi connectivity index (χ1v) is 12.2. The Morgan fingerprint density at radius 2 is 1.76 bits per heavy atom. The number of carbonyl (C=O) groups excluding carboxylic acids is 1. The number of halogens is 2. The van der Waals surface area contributed by atoms with Crippen LogP contribution in [0, 0.1) is 13.8 Å². The first kappa shape index (κ1) is 22.5. The Labute approximate surface area is 185 Å². The molecule has 1 aliphatic rings. The lowest BCUT2D eigenvalue weighted by molar-refractivity contribution is -0.116. The van der Waals surface area contributed by atoms with Crippen molar-refractivity contribution in [3.05, 3.63) is 44.1 Å². The molecule has 0 spiro atoms. The third-order valence-electron chi connectivity index (χ3n) is 4.83. The van der Waals surface area contributed by atoms with Gasteiger partial charge in [0.1, 0.15) is 0 Å². The molecule has 1 N–H and O–H groups in total. The Kier molecular flexibility index (Phi) is 7.24. The molecule has 0 aliphatic carbocycles. The molecule has 1 saturated heterocycles. The smallest absolute Gasteiger partial charge is 0.244 e. The highest BCUT2D eigenvalue weighted by Gasteiger charge is 2.30. The van der Waals surface area contributed by atoms with Crippen LogP contribution >= 0.6 is 34.5 Å². The van der Waals surface area contributed by atoms with E-state index in [1.54, 1.807) is 24.3 Å². The van der Waals surface area contributed by atoms with Gasteiger partial charge in [-0.15, -0.1) is 11.3 Å². The predicted molar refractivity (Wildman–Crippen MR) is 119 cm³/mol. The van der Waals surface area contributed by atoms with Crippen LogP contribution < -0.4 is 5.32 Å². The molecule has 1 aromatic heterocycles. The highest BCUT2D eigenvalue weighted by Crippen LogP contribution is 2.30. The standard InChI is InChI=1S/C19H23Cl2N3O3S2/c1-13-12-17(14(2)28-13)29(26,27)24-10-8-23(9-11-24)7-6-18(25)22-19-15(20)4-3-5-16(19)21/h3-5,12H,6-11H2,1-2H3,(H,22,25). The van der Waals surface area contributed by atoms with Gasteiger partial charge >= 0.3 is 0 Å². The molecule has 1 aliphatic heterocycles. The molecular formula is C19H23Cl2N3O3S2. The number of sulfonamides is 1. The van der Waals surface area contributed by atoms with Crippen molar-refractivity contribution in [3.8, 4) is 0 Å². The van der Waals surface area contributed by atoms with Crippen molar-refractivity contribution < 1.29 is 13.2 Å². The molecule has 0 atom stereocenters. The van der Waals surface area contributed by atoms with Crippen molar-refractivity contribution in [3.63, 3.8) is 0 Å². The van der Waals surface area contributed by atoms with Gasteiger partial charge in [-0.05, 0) is 32.0 Å². The number of rotatable bonds is 6. The van der Waals surface area contributed by atoms with Crippen LogP contribution in [0.2, 0.25) is 10.0 Å². The molecule has 0 saturated carbocycles. The van der Waals surface area contributed by atoms with E-state index in [2.05, 4.69) is 10.2 Å². The Balaban J connectivity index is 1.51. The SMILES string of the molecule is Cc1cc(S(=O)(=O)N2CCN(CCC(=O)Nc3c(Cl)cccc3Cl)CC2)c(C)s1. The fraction of sp³-hybridized carbons (Fsp3) is 0.421. The number of para-hydroxylation sites is 1. The summed E-state index contributed by atoms with van der Waals surface area (Å²) >= 11 is 13.6. The van der Waals surface area contributed by atoms with E-state index in [9.17, 15) is 13.2 Å². The minimum absolute atomic E-state index is 0.181. The second-order valence-corrected chi connectivity index (χ2v) is 11.1. The summed E-state index contributed by atoms with van der Waals surface area (Å²) in [5.74, 6) is -0.181. The molecule has 29 heavy (non-hydrogen) atoms. The van der Waals surface area contributed by atoms with E-state index in [-0.39, 0.29) is 12.3 Å². The van der Waals surface area contributed by atoms with E-state index in [1.165, 1.54) is 15.6 Å². The van der Waals surface area contributed by atoms with Crippen LogP contribution in [0.5, 0.6) is 0 Å². The van der Waals surface area contributed by atoms with Crippen molar-refractivity contribution in [2.75, 3.05) is 38.0 Å². The third-order valence-corrected chi connectivity index (χ3v) is 8.58. The zero-order valence-corrected chi connectivity index (χ0v) is 19.4. The zero-order chi connectivity index (χ0) is 21.2. The molecular weight excluding hydrogens is 453 g/mol. The van der Waals surface area contributed by atoms with Crippen molar-refractivity contribution >= 4 is 56.2 Å². The molecule has 10 heteroatoms. The topological polar surface area (TPSA) is 69.7 Å². The molecule has 0 bridgehead atoms. The van der Waals surface area contributed by atoms with Crippen LogP contribution in [-0.2, 0) is 14.8 Å².